The predicted molar refractivity (Wildman–Crippen MR) is 115 cm³/mol. The van der Waals surface area contributed by atoms with E-state index in [2.05, 4.69) is 5.32 Å². The second-order valence-corrected chi connectivity index (χ2v) is 7.78. The monoisotopic (exact) mass is 435 g/mol. The minimum atomic E-state index is -0.656. The Morgan fingerprint density at radius 3 is 2.20 bits per heavy atom. The Morgan fingerprint density at radius 1 is 0.967 bits per heavy atom. The van der Waals surface area contributed by atoms with Gasteiger partial charge in [-0.15, -0.1) is 0 Å². The molecule has 2 aromatic rings. The van der Waals surface area contributed by atoms with E-state index in [4.69, 9.17) is 30.5 Å². The number of carbonyl (C=O) groups excluding carboxylic acids is 2. The maximum Gasteiger partial charge on any atom is 0.340 e. The van der Waals surface area contributed by atoms with Crippen molar-refractivity contribution in [1.82, 2.24) is 0 Å². The summed E-state index contributed by atoms with van der Waals surface area (Å²) >= 11 is 6.03. The Kier molecular flexibility index (Phi) is 7.94. The molecule has 0 heterocycles. The van der Waals surface area contributed by atoms with Crippen molar-refractivity contribution in [1.29, 1.82) is 0 Å². The second kappa shape index (κ2) is 10.2. The number of esters is 1. The standard InChI is InChI=1S/C22H26ClNO6/c1-22(2,3)21(26)24-16-13-19(28-5)18(27-4)12-14(16)20(25)30-11-10-29-17-9-7-6-8-15(17)23/h6-9,12-13H,10-11H2,1-5H3,(H,24,26). The zero-order valence-corrected chi connectivity index (χ0v) is 18.5. The lowest BCUT2D eigenvalue weighted by Gasteiger charge is -2.20. The van der Waals surface area contributed by atoms with Crippen molar-refractivity contribution in [2.45, 2.75) is 20.8 Å². The number of rotatable bonds is 8. The smallest absolute Gasteiger partial charge is 0.340 e. The number of ether oxygens (including phenoxy) is 4. The van der Waals surface area contributed by atoms with Crippen LogP contribution in [0.4, 0.5) is 5.69 Å². The Labute approximate surface area is 181 Å². The molecule has 0 fully saturated rings. The molecule has 30 heavy (non-hydrogen) atoms. The van der Waals surface area contributed by atoms with Crippen molar-refractivity contribution < 1.29 is 28.5 Å². The average molecular weight is 436 g/mol. The van der Waals surface area contributed by atoms with Gasteiger partial charge in [0.15, 0.2) is 11.5 Å². The minimum absolute atomic E-state index is 0.00887. The van der Waals surface area contributed by atoms with Crippen molar-refractivity contribution in [3.05, 3.63) is 47.0 Å². The summed E-state index contributed by atoms with van der Waals surface area (Å²) in [6, 6.07) is 10.0. The third kappa shape index (κ3) is 6.03. The van der Waals surface area contributed by atoms with E-state index in [9.17, 15) is 9.59 Å². The van der Waals surface area contributed by atoms with Crippen LogP contribution in [0.25, 0.3) is 0 Å². The minimum Gasteiger partial charge on any atom is -0.493 e. The molecule has 0 saturated carbocycles. The lowest BCUT2D eigenvalue weighted by Crippen LogP contribution is -2.28. The highest BCUT2D eigenvalue weighted by Gasteiger charge is 2.25. The van der Waals surface area contributed by atoms with Gasteiger partial charge < -0.3 is 24.3 Å². The van der Waals surface area contributed by atoms with Crippen molar-refractivity contribution in [3.63, 3.8) is 0 Å². The molecule has 0 radical (unpaired) electrons. The number of nitrogens with one attached hydrogen (secondary N) is 1. The molecular weight excluding hydrogens is 410 g/mol. The Balaban J connectivity index is 2.15. The number of methoxy groups -OCH3 is 2. The summed E-state index contributed by atoms with van der Waals surface area (Å²) in [6.07, 6.45) is 0. The topological polar surface area (TPSA) is 83.1 Å². The SMILES string of the molecule is COc1cc(NC(=O)C(C)(C)C)c(C(=O)OCCOc2ccccc2Cl)cc1OC. The number of hydrogen-bond acceptors (Lipinski definition) is 6. The van der Waals surface area contributed by atoms with Crippen molar-refractivity contribution in [2.75, 3.05) is 32.8 Å². The predicted octanol–water partition coefficient (Wildman–Crippen LogP) is 4.58. The van der Waals surface area contributed by atoms with E-state index in [1.165, 1.54) is 26.4 Å². The summed E-state index contributed by atoms with van der Waals surface area (Å²) in [5.41, 5.74) is -0.246. The van der Waals surface area contributed by atoms with Crippen molar-refractivity contribution >= 4 is 29.2 Å². The summed E-state index contributed by atoms with van der Waals surface area (Å²) in [5, 5.41) is 3.23. The fourth-order valence-corrected chi connectivity index (χ4v) is 2.58. The number of halogens is 1. The van der Waals surface area contributed by atoms with Gasteiger partial charge in [-0.25, -0.2) is 4.79 Å². The van der Waals surface area contributed by atoms with E-state index < -0.39 is 11.4 Å². The number of anilines is 1. The maximum absolute atomic E-state index is 12.7. The Bertz CT molecular complexity index is 907. The van der Waals surface area contributed by atoms with Gasteiger partial charge in [-0.05, 0) is 12.1 Å². The van der Waals surface area contributed by atoms with Crippen LogP contribution in [0, 0.1) is 5.41 Å². The van der Waals surface area contributed by atoms with Gasteiger partial charge in [0.05, 0.1) is 30.5 Å². The molecule has 0 aliphatic carbocycles. The second-order valence-electron chi connectivity index (χ2n) is 7.37. The fraction of sp³-hybridized carbons (Fsp3) is 0.364. The van der Waals surface area contributed by atoms with E-state index in [1.54, 1.807) is 45.0 Å². The quantitative estimate of drug-likeness (QED) is 0.482. The van der Waals surface area contributed by atoms with Gasteiger partial charge in [-0.1, -0.05) is 44.5 Å². The van der Waals surface area contributed by atoms with Gasteiger partial charge in [-0.3, -0.25) is 4.79 Å². The lowest BCUT2D eigenvalue weighted by atomic mass is 9.95. The molecule has 0 unspecified atom stereocenters. The van der Waals surface area contributed by atoms with Crippen LogP contribution in [0.3, 0.4) is 0 Å². The molecule has 2 rings (SSSR count). The zero-order valence-electron chi connectivity index (χ0n) is 17.7. The number of carbonyl (C=O) groups is 2. The van der Waals surface area contributed by atoms with E-state index in [0.29, 0.717) is 22.3 Å². The zero-order chi connectivity index (χ0) is 22.3. The first-order chi connectivity index (χ1) is 14.2. The molecule has 0 bridgehead atoms. The van der Waals surface area contributed by atoms with Crippen LogP contribution in [0.1, 0.15) is 31.1 Å². The first-order valence-electron chi connectivity index (χ1n) is 9.29. The van der Waals surface area contributed by atoms with Crippen LogP contribution in [-0.2, 0) is 9.53 Å². The van der Waals surface area contributed by atoms with E-state index >= 15 is 0 Å². The molecule has 8 heteroatoms. The number of amides is 1. The molecule has 0 spiro atoms. The van der Waals surface area contributed by atoms with Crippen LogP contribution >= 0.6 is 11.6 Å². The maximum atomic E-state index is 12.7. The summed E-state index contributed by atoms with van der Waals surface area (Å²) in [7, 11) is 2.93. The summed E-state index contributed by atoms with van der Waals surface area (Å²) in [5.74, 6) is 0.319. The van der Waals surface area contributed by atoms with Crippen LogP contribution in [0.15, 0.2) is 36.4 Å². The molecule has 0 atom stereocenters. The molecular formula is C22H26ClNO6. The third-order valence-corrected chi connectivity index (χ3v) is 4.40. The summed E-state index contributed by atoms with van der Waals surface area (Å²) < 4.78 is 21.4. The van der Waals surface area contributed by atoms with Gasteiger partial charge in [0.2, 0.25) is 5.91 Å². The first kappa shape index (κ1) is 23.3. The van der Waals surface area contributed by atoms with Crippen molar-refractivity contribution in [2.24, 2.45) is 5.41 Å². The molecule has 0 aromatic heterocycles. The Hall–Kier alpha value is -2.93. The van der Waals surface area contributed by atoms with E-state index in [0.717, 1.165) is 0 Å². The molecule has 0 aliphatic heterocycles. The fourth-order valence-electron chi connectivity index (χ4n) is 2.39. The van der Waals surface area contributed by atoms with Crippen LogP contribution < -0.4 is 19.5 Å². The van der Waals surface area contributed by atoms with Gasteiger partial charge in [0.1, 0.15) is 19.0 Å². The van der Waals surface area contributed by atoms with Crippen LogP contribution in [-0.4, -0.2) is 39.3 Å². The summed E-state index contributed by atoms with van der Waals surface area (Å²) in [4.78, 5) is 25.1. The highest BCUT2D eigenvalue weighted by Crippen LogP contribution is 2.34. The highest BCUT2D eigenvalue weighted by molar-refractivity contribution is 6.32. The Morgan fingerprint density at radius 2 is 1.60 bits per heavy atom. The van der Waals surface area contributed by atoms with E-state index in [1.807, 2.05) is 0 Å². The van der Waals surface area contributed by atoms with E-state index in [-0.39, 0.29) is 30.4 Å². The molecule has 1 amide bonds. The normalized spacial score (nSPS) is 10.9. The van der Waals surface area contributed by atoms with Gasteiger partial charge in [0, 0.05) is 17.5 Å². The molecule has 162 valence electrons. The van der Waals surface area contributed by atoms with Crippen LogP contribution in [0.2, 0.25) is 5.02 Å². The highest BCUT2D eigenvalue weighted by atomic mass is 35.5. The van der Waals surface area contributed by atoms with Crippen LogP contribution in [0.5, 0.6) is 17.2 Å². The lowest BCUT2D eigenvalue weighted by molar-refractivity contribution is -0.123. The molecule has 0 aliphatic rings. The van der Waals surface area contributed by atoms with Crippen molar-refractivity contribution in [3.8, 4) is 17.2 Å². The van der Waals surface area contributed by atoms with Gasteiger partial charge in [-0.2, -0.15) is 0 Å². The van der Waals surface area contributed by atoms with Gasteiger partial charge in [0.25, 0.3) is 0 Å². The number of benzene rings is 2. The number of hydrogen-bond donors (Lipinski definition) is 1. The molecule has 0 saturated heterocycles. The molecule has 7 nitrogen and oxygen atoms in total. The largest absolute Gasteiger partial charge is 0.493 e. The first-order valence-corrected chi connectivity index (χ1v) is 9.67. The average Bonchev–Trinajstić information content (AvgIpc) is 2.71. The van der Waals surface area contributed by atoms with Gasteiger partial charge >= 0.3 is 5.97 Å². The third-order valence-electron chi connectivity index (χ3n) is 4.08. The summed E-state index contributed by atoms with van der Waals surface area (Å²) in [6.45, 7) is 5.42. The molecule has 2 aromatic carbocycles. The number of para-hydroxylation sites is 1. The molecule has 1 N–H and O–H groups in total.